The number of benzene rings is 1. The summed E-state index contributed by atoms with van der Waals surface area (Å²) in [5.41, 5.74) is -3.03. The number of ether oxygens (including phenoxy) is 1. The van der Waals surface area contributed by atoms with Crippen LogP contribution in [0.4, 0.5) is 11.6 Å². The Labute approximate surface area is 200 Å². The van der Waals surface area contributed by atoms with E-state index >= 15 is 0 Å². The van der Waals surface area contributed by atoms with Crippen LogP contribution in [0.15, 0.2) is 53.7 Å². The van der Waals surface area contributed by atoms with Crippen LogP contribution < -0.4 is 27.2 Å². The molecule has 1 atom stereocenters. The van der Waals surface area contributed by atoms with Crippen molar-refractivity contribution in [3.8, 4) is 11.6 Å². The van der Waals surface area contributed by atoms with Gasteiger partial charge >= 0.3 is 11.4 Å². The van der Waals surface area contributed by atoms with Gasteiger partial charge in [-0.1, -0.05) is 12.1 Å². The summed E-state index contributed by atoms with van der Waals surface area (Å²) in [6, 6.07) is 7.21. The number of aliphatic hydroxyl groups excluding tert-OH is 1. The molecular formula is C21H22N8O7. The third-order valence-corrected chi connectivity index (χ3v) is 5.29. The van der Waals surface area contributed by atoms with Crippen molar-refractivity contribution in [2.75, 3.05) is 6.61 Å². The van der Waals surface area contributed by atoms with Crippen molar-refractivity contribution in [2.24, 2.45) is 24.3 Å². The largest absolute Gasteiger partial charge is 0.493 e. The average Bonchev–Trinajstić information content (AvgIpc) is 3.17. The van der Waals surface area contributed by atoms with Gasteiger partial charge in [0.1, 0.15) is 18.5 Å². The van der Waals surface area contributed by atoms with Gasteiger partial charge in [-0.15, -0.1) is 10.2 Å². The fourth-order valence-electron chi connectivity index (χ4n) is 3.50. The molecule has 15 heteroatoms. The van der Waals surface area contributed by atoms with Crippen molar-refractivity contribution in [3.63, 3.8) is 0 Å². The number of rotatable bonds is 7. The van der Waals surface area contributed by atoms with Gasteiger partial charge in [0.2, 0.25) is 11.6 Å². The van der Waals surface area contributed by atoms with Crippen molar-refractivity contribution < 1.29 is 14.9 Å². The molecule has 4 aromatic rings. The Hall–Kier alpha value is -4.79. The van der Waals surface area contributed by atoms with Gasteiger partial charge in [0.25, 0.3) is 17.1 Å². The van der Waals surface area contributed by atoms with Crippen molar-refractivity contribution in [1.82, 2.24) is 28.7 Å². The van der Waals surface area contributed by atoms with Crippen LogP contribution >= 0.6 is 0 Å². The highest BCUT2D eigenvalue weighted by molar-refractivity contribution is 5.73. The van der Waals surface area contributed by atoms with E-state index in [1.165, 1.54) is 18.7 Å². The second-order valence-electron chi connectivity index (χ2n) is 7.99. The molecule has 0 radical (unpaired) electrons. The molecule has 0 fully saturated rings. The molecule has 0 amide bonds. The number of hydrogen-bond donors (Lipinski definition) is 4. The first kappa shape index (κ1) is 24.3. The molecule has 0 bridgehead atoms. The van der Waals surface area contributed by atoms with Gasteiger partial charge in [-0.05, 0) is 24.6 Å². The summed E-state index contributed by atoms with van der Waals surface area (Å²) in [4.78, 5) is 56.6. The summed E-state index contributed by atoms with van der Waals surface area (Å²) in [7, 11) is 2.69. The molecule has 1 aromatic carbocycles. The molecular weight excluding hydrogens is 476 g/mol. The third-order valence-electron chi connectivity index (χ3n) is 5.29. The monoisotopic (exact) mass is 498 g/mol. The minimum atomic E-state index is -1.15. The second kappa shape index (κ2) is 9.46. The van der Waals surface area contributed by atoms with E-state index in [0.29, 0.717) is 5.75 Å². The maximum absolute atomic E-state index is 12.9. The summed E-state index contributed by atoms with van der Waals surface area (Å²) < 4.78 is 8.84. The van der Waals surface area contributed by atoms with Crippen LogP contribution in [-0.2, 0) is 20.6 Å². The first-order valence-corrected chi connectivity index (χ1v) is 10.6. The van der Waals surface area contributed by atoms with Gasteiger partial charge in [0.15, 0.2) is 11.2 Å². The van der Waals surface area contributed by atoms with E-state index in [1.807, 2.05) is 23.0 Å². The number of aliphatic hydroxyl groups is 1. The molecule has 188 valence electrons. The van der Waals surface area contributed by atoms with E-state index in [9.17, 15) is 29.4 Å². The number of azo groups is 1. The first-order valence-electron chi connectivity index (χ1n) is 10.6. The van der Waals surface area contributed by atoms with Crippen molar-refractivity contribution in [3.05, 3.63) is 71.5 Å². The molecule has 4 N–H and O–H groups in total. The zero-order chi connectivity index (χ0) is 26.1. The summed E-state index contributed by atoms with van der Waals surface area (Å²) in [6.45, 7) is 1.51. The standard InChI is InChI=1S/C21H22N8O7/c1-10-5-4-6-12(7-10)36-9-11(30)8-29-14-15(27(2)21(35)28(3)18(14)33)22-19(29)26-25-13-16(31)23-20(34)24-17(13)32/h4-7,11,30H,8-9H2,1-3H3,(H3,23,24,31,32,34)/t11-/m1/s1. The van der Waals surface area contributed by atoms with Gasteiger partial charge in [-0.3, -0.25) is 33.3 Å². The molecule has 15 nitrogen and oxygen atoms in total. The van der Waals surface area contributed by atoms with Crippen LogP contribution in [0.25, 0.3) is 11.2 Å². The SMILES string of the molecule is Cc1cccc(OC[C@H](O)Cn2c(N=Nc3c(O)[nH]c(=O)[nH]c3=O)nc3c2c(=O)n(C)c(=O)n3C)c1. The molecule has 0 aliphatic heterocycles. The molecule has 0 unspecified atom stereocenters. The van der Waals surface area contributed by atoms with E-state index in [-0.39, 0.29) is 30.3 Å². The van der Waals surface area contributed by atoms with E-state index in [2.05, 4.69) is 15.2 Å². The number of H-pyrrole nitrogens is 2. The Morgan fingerprint density at radius 3 is 2.56 bits per heavy atom. The summed E-state index contributed by atoms with van der Waals surface area (Å²) in [5.74, 6) is -0.538. The quantitative estimate of drug-likeness (QED) is 0.248. The lowest BCUT2D eigenvalue weighted by Gasteiger charge is -2.14. The molecule has 0 saturated carbocycles. The number of aromatic nitrogens is 6. The smallest absolute Gasteiger partial charge is 0.332 e. The highest BCUT2D eigenvalue weighted by Gasteiger charge is 2.22. The highest BCUT2D eigenvalue weighted by Crippen LogP contribution is 2.23. The first-order chi connectivity index (χ1) is 17.1. The van der Waals surface area contributed by atoms with Gasteiger partial charge in [0.05, 0.1) is 6.54 Å². The topological polar surface area (TPSA) is 202 Å². The number of nitrogens with one attached hydrogen (secondary N) is 2. The molecule has 0 aliphatic carbocycles. The maximum Gasteiger partial charge on any atom is 0.332 e. The summed E-state index contributed by atoms with van der Waals surface area (Å²) in [6.07, 6.45) is -1.15. The van der Waals surface area contributed by atoms with Gasteiger partial charge < -0.3 is 14.9 Å². The molecule has 3 aromatic heterocycles. The Kier molecular flexibility index (Phi) is 6.39. The average molecular weight is 498 g/mol. The molecule has 0 saturated heterocycles. The number of aromatic hydroxyl groups is 1. The summed E-state index contributed by atoms with van der Waals surface area (Å²) in [5, 5.41) is 28.0. The third kappa shape index (κ3) is 4.58. The lowest BCUT2D eigenvalue weighted by molar-refractivity contribution is 0.0937. The zero-order valence-corrected chi connectivity index (χ0v) is 19.4. The normalized spacial score (nSPS) is 12.4. The van der Waals surface area contributed by atoms with Crippen molar-refractivity contribution >= 4 is 22.8 Å². The minimum Gasteiger partial charge on any atom is -0.493 e. The van der Waals surface area contributed by atoms with Gasteiger partial charge in [-0.25, -0.2) is 9.59 Å². The Balaban J connectivity index is 1.77. The fraction of sp³-hybridized carbons (Fsp3) is 0.286. The number of hydrogen-bond acceptors (Lipinski definition) is 10. The lowest BCUT2D eigenvalue weighted by Crippen LogP contribution is -2.38. The Morgan fingerprint density at radius 1 is 1.11 bits per heavy atom. The molecule has 0 aliphatic rings. The van der Waals surface area contributed by atoms with Crippen LogP contribution in [-0.4, -0.2) is 51.6 Å². The minimum absolute atomic E-state index is 0.0385. The van der Waals surface area contributed by atoms with E-state index in [1.54, 1.807) is 18.2 Å². The van der Waals surface area contributed by atoms with Crippen molar-refractivity contribution in [2.45, 2.75) is 19.6 Å². The van der Waals surface area contributed by atoms with Crippen molar-refractivity contribution in [1.29, 1.82) is 0 Å². The van der Waals surface area contributed by atoms with E-state index in [4.69, 9.17) is 4.74 Å². The van der Waals surface area contributed by atoms with Crippen LogP contribution in [0, 0.1) is 6.92 Å². The Morgan fingerprint density at radius 2 is 1.86 bits per heavy atom. The predicted molar refractivity (Wildman–Crippen MR) is 126 cm³/mol. The maximum atomic E-state index is 12.9. The molecule has 0 spiro atoms. The Bertz CT molecular complexity index is 1720. The highest BCUT2D eigenvalue weighted by atomic mass is 16.5. The molecule has 36 heavy (non-hydrogen) atoms. The molecule has 3 heterocycles. The summed E-state index contributed by atoms with van der Waals surface area (Å²) >= 11 is 0. The van der Waals surface area contributed by atoms with Crippen LogP contribution in [0.5, 0.6) is 11.6 Å². The lowest BCUT2D eigenvalue weighted by atomic mass is 10.2. The number of nitrogens with zero attached hydrogens (tertiary/aromatic N) is 6. The van der Waals surface area contributed by atoms with Crippen LogP contribution in [0.2, 0.25) is 0 Å². The predicted octanol–water partition coefficient (Wildman–Crippen LogP) is -0.320. The fourth-order valence-corrected chi connectivity index (χ4v) is 3.50. The number of imidazole rings is 1. The second-order valence-corrected chi connectivity index (χ2v) is 7.99. The number of aromatic amines is 2. The number of fused-ring (bicyclic) bond motifs is 1. The molecule has 4 rings (SSSR count). The van der Waals surface area contributed by atoms with Crippen LogP contribution in [0.3, 0.4) is 0 Å². The van der Waals surface area contributed by atoms with E-state index in [0.717, 1.165) is 14.7 Å². The number of aryl methyl sites for hydroxylation is 2. The van der Waals surface area contributed by atoms with Gasteiger partial charge in [0, 0.05) is 14.1 Å². The van der Waals surface area contributed by atoms with Gasteiger partial charge in [-0.2, -0.15) is 4.98 Å². The zero-order valence-electron chi connectivity index (χ0n) is 19.4. The van der Waals surface area contributed by atoms with Crippen LogP contribution in [0.1, 0.15) is 5.56 Å². The van der Waals surface area contributed by atoms with E-state index < -0.39 is 40.2 Å².